The number of hydrogen-bond donors (Lipinski definition) is 1. The predicted octanol–water partition coefficient (Wildman–Crippen LogP) is 2.19. The molecule has 1 N–H and O–H groups in total. The third-order valence-corrected chi connectivity index (χ3v) is 4.59. The molecule has 0 amide bonds. The second kappa shape index (κ2) is 5.24. The number of nitro groups is 1. The van der Waals surface area contributed by atoms with Crippen LogP contribution < -0.4 is 0 Å². The number of benzene rings is 1. The van der Waals surface area contributed by atoms with Crippen LogP contribution in [0.4, 0.5) is 5.69 Å². The molecule has 0 radical (unpaired) electrons. The summed E-state index contributed by atoms with van der Waals surface area (Å²) in [5.41, 5.74) is 0.175. The molecule has 2 heterocycles. The Labute approximate surface area is 134 Å². The van der Waals surface area contributed by atoms with E-state index < -0.39 is 10.7 Å². The van der Waals surface area contributed by atoms with Crippen molar-refractivity contribution in [1.82, 2.24) is 5.06 Å². The van der Waals surface area contributed by atoms with Crippen LogP contribution in [0.3, 0.4) is 0 Å². The Hall–Kier alpha value is -1.54. The lowest BCUT2D eigenvalue weighted by Crippen LogP contribution is -2.53. The molecule has 0 bridgehead atoms. The lowest BCUT2D eigenvalue weighted by molar-refractivity contribution is -0.384. The normalized spacial score (nSPS) is 34.6. The van der Waals surface area contributed by atoms with Gasteiger partial charge in [0, 0.05) is 29.2 Å². The van der Waals surface area contributed by atoms with Crippen molar-refractivity contribution in [1.29, 1.82) is 0 Å². The highest BCUT2D eigenvalue weighted by molar-refractivity contribution is 5.36. The number of non-ortho nitro benzene ring substituents is 1. The van der Waals surface area contributed by atoms with Crippen LogP contribution in [0.15, 0.2) is 24.3 Å². The number of nitrogens with zero attached hydrogens (tertiary/aromatic N) is 2. The van der Waals surface area contributed by atoms with E-state index in [0.29, 0.717) is 12.2 Å². The van der Waals surface area contributed by atoms with Crippen LogP contribution in [0.1, 0.15) is 33.3 Å². The van der Waals surface area contributed by atoms with E-state index in [0.717, 1.165) is 0 Å². The highest BCUT2D eigenvalue weighted by Gasteiger charge is 2.61. The molecule has 4 atom stereocenters. The first-order valence-electron chi connectivity index (χ1n) is 7.72. The third-order valence-electron chi connectivity index (χ3n) is 4.59. The third kappa shape index (κ3) is 2.53. The minimum absolute atomic E-state index is 0.0179. The number of fused-ring (bicyclic) bond motifs is 1. The van der Waals surface area contributed by atoms with Gasteiger partial charge in [0.2, 0.25) is 5.79 Å². The summed E-state index contributed by atoms with van der Waals surface area (Å²) >= 11 is 0. The first kappa shape index (κ1) is 16.3. The molecule has 7 nitrogen and oxygen atoms in total. The quantitative estimate of drug-likeness (QED) is 0.663. The molecule has 23 heavy (non-hydrogen) atoms. The van der Waals surface area contributed by atoms with Crippen LogP contribution in [0.5, 0.6) is 0 Å². The molecule has 0 spiro atoms. The Bertz CT molecular complexity index is 612. The maximum absolute atomic E-state index is 11.2. The second-order valence-electron chi connectivity index (χ2n) is 7.23. The lowest BCUT2D eigenvalue weighted by Gasteiger charge is -2.40. The van der Waals surface area contributed by atoms with E-state index in [1.807, 2.05) is 27.7 Å². The fraction of sp³-hybridized carbons (Fsp3) is 0.625. The number of hydrogen-bond acceptors (Lipinski definition) is 6. The number of ether oxygens (including phenoxy) is 1. The Kier molecular flexibility index (Phi) is 3.72. The summed E-state index contributed by atoms with van der Waals surface area (Å²) < 4.78 is 5.75. The summed E-state index contributed by atoms with van der Waals surface area (Å²) in [5, 5.41) is 23.8. The summed E-state index contributed by atoms with van der Waals surface area (Å²) in [6.45, 7) is 8.38. The van der Waals surface area contributed by atoms with Crippen LogP contribution in [0.25, 0.3) is 0 Å². The average molecular weight is 322 g/mol. The van der Waals surface area contributed by atoms with Gasteiger partial charge in [-0.15, -0.1) is 0 Å². The topological polar surface area (TPSA) is 85.1 Å². The van der Waals surface area contributed by atoms with Crippen LogP contribution in [-0.2, 0) is 15.4 Å². The van der Waals surface area contributed by atoms with Crippen LogP contribution in [0, 0.1) is 16.0 Å². The number of nitro benzene ring substituents is 1. The maximum atomic E-state index is 11.2. The fourth-order valence-electron chi connectivity index (χ4n) is 3.39. The zero-order chi connectivity index (χ0) is 17.0. The zero-order valence-electron chi connectivity index (χ0n) is 13.7. The molecule has 7 heteroatoms. The standard InChI is InChI=1S/C16H22N2O5/c1-10-13-9-22-16(19,14(13)17(23-10)15(2,3)4)11-5-7-12(8-6-11)18(20)21/h5-8,10,13-14,19H,9H2,1-4H3/t10-,13+,14+,16+/m0/s1. The van der Waals surface area contributed by atoms with E-state index in [2.05, 4.69) is 0 Å². The molecular weight excluding hydrogens is 300 g/mol. The molecule has 2 fully saturated rings. The van der Waals surface area contributed by atoms with Gasteiger partial charge in [-0.1, -0.05) is 0 Å². The van der Waals surface area contributed by atoms with Gasteiger partial charge >= 0.3 is 0 Å². The van der Waals surface area contributed by atoms with Crippen LogP contribution in [0.2, 0.25) is 0 Å². The van der Waals surface area contributed by atoms with Crippen molar-refractivity contribution < 1.29 is 19.6 Å². The molecule has 1 aromatic rings. The first-order chi connectivity index (χ1) is 10.6. The van der Waals surface area contributed by atoms with E-state index in [1.165, 1.54) is 12.1 Å². The van der Waals surface area contributed by atoms with E-state index in [1.54, 1.807) is 17.2 Å². The van der Waals surface area contributed by atoms with Gasteiger partial charge < -0.3 is 9.84 Å². The number of rotatable bonds is 2. The fourth-order valence-corrected chi connectivity index (χ4v) is 3.39. The van der Waals surface area contributed by atoms with Gasteiger partial charge in [0.15, 0.2) is 0 Å². The SMILES string of the molecule is C[C@@H]1ON(C(C)(C)C)[C@@H]2[C@@H]1CO[C@]2(O)c1ccc([N+](=O)[O-])cc1. The van der Waals surface area contributed by atoms with Gasteiger partial charge in [-0.05, 0) is 39.8 Å². The molecule has 0 saturated carbocycles. The predicted molar refractivity (Wildman–Crippen MR) is 82.4 cm³/mol. The van der Waals surface area contributed by atoms with Gasteiger partial charge in [0.05, 0.1) is 17.6 Å². The van der Waals surface area contributed by atoms with Gasteiger partial charge in [0.1, 0.15) is 6.04 Å². The van der Waals surface area contributed by atoms with Crippen LogP contribution >= 0.6 is 0 Å². The molecule has 1 aromatic carbocycles. The molecule has 2 aliphatic rings. The molecule has 2 aliphatic heterocycles. The van der Waals surface area contributed by atoms with Gasteiger partial charge in [0.25, 0.3) is 5.69 Å². The molecule has 0 unspecified atom stereocenters. The summed E-state index contributed by atoms with van der Waals surface area (Å²) in [5.74, 6) is -1.51. The van der Waals surface area contributed by atoms with Crippen molar-refractivity contribution in [2.75, 3.05) is 6.61 Å². The Morgan fingerprint density at radius 3 is 2.48 bits per heavy atom. The molecule has 2 saturated heterocycles. The highest BCUT2D eigenvalue weighted by atomic mass is 16.7. The van der Waals surface area contributed by atoms with E-state index in [4.69, 9.17) is 9.57 Å². The minimum atomic E-state index is -1.54. The molecule has 0 aromatic heterocycles. The Morgan fingerprint density at radius 1 is 1.35 bits per heavy atom. The van der Waals surface area contributed by atoms with Crippen molar-refractivity contribution >= 4 is 5.69 Å². The minimum Gasteiger partial charge on any atom is -0.360 e. The largest absolute Gasteiger partial charge is 0.360 e. The summed E-state index contributed by atoms with van der Waals surface area (Å²) in [6.07, 6.45) is -0.0636. The number of hydroxylamine groups is 2. The van der Waals surface area contributed by atoms with Crippen molar-refractivity contribution in [3.05, 3.63) is 39.9 Å². The number of aliphatic hydroxyl groups is 1. The van der Waals surface area contributed by atoms with Crippen molar-refractivity contribution in [2.45, 2.75) is 51.2 Å². The van der Waals surface area contributed by atoms with Crippen molar-refractivity contribution in [3.8, 4) is 0 Å². The lowest BCUT2D eigenvalue weighted by atomic mass is 9.87. The van der Waals surface area contributed by atoms with E-state index in [9.17, 15) is 15.2 Å². The Morgan fingerprint density at radius 2 is 1.96 bits per heavy atom. The first-order valence-corrected chi connectivity index (χ1v) is 7.72. The molecule has 3 rings (SSSR count). The van der Waals surface area contributed by atoms with E-state index >= 15 is 0 Å². The van der Waals surface area contributed by atoms with Crippen LogP contribution in [-0.4, -0.2) is 39.4 Å². The molecule has 126 valence electrons. The average Bonchev–Trinajstić information content (AvgIpc) is 2.99. The van der Waals surface area contributed by atoms with Gasteiger partial charge in [-0.25, -0.2) is 0 Å². The Balaban J connectivity index is 1.99. The summed E-state index contributed by atoms with van der Waals surface area (Å²) in [7, 11) is 0. The van der Waals surface area contributed by atoms with Crippen molar-refractivity contribution in [2.24, 2.45) is 5.92 Å². The smallest absolute Gasteiger partial charge is 0.269 e. The molecular formula is C16H22N2O5. The monoisotopic (exact) mass is 322 g/mol. The van der Waals surface area contributed by atoms with Crippen molar-refractivity contribution in [3.63, 3.8) is 0 Å². The highest BCUT2D eigenvalue weighted by Crippen LogP contribution is 2.48. The summed E-state index contributed by atoms with van der Waals surface area (Å²) in [4.78, 5) is 16.3. The van der Waals surface area contributed by atoms with E-state index in [-0.39, 0.29) is 29.3 Å². The second-order valence-corrected chi connectivity index (χ2v) is 7.23. The zero-order valence-corrected chi connectivity index (χ0v) is 13.7. The maximum Gasteiger partial charge on any atom is 0.269 e. The molecule has 0 aliphatic carbocycles. The van der Waals surface area contributed by atoms with Gasteiger partial charge in [-0.2, -0.15) is 5.06 Å². The van der Waals surface area contributed by atoms with Gasteiger partial charge in [-0.3, -0.25) is 15.0 Å². The summed E-state index contributed by atoms with van der Waals surface area (Å²) in [6, 6.07) is 5.49.